The SMILES string of the molecule is CCOC1CCCN(c2nc(Cl)nc(N(C)C)n2)C1. The highest BCUT2D eigenvalue weighted by Gasteiger charge is 2.23. The van der Waals surface area contributed by atoms with Gasteiger partial charge in [0.15, 0.2) is 0 Å². The average molecular weight is 286 g/mol. The number of nitrogens with zero attached hydrogens (tertiary/aromatic N) is 5. The molecule has 0 amide bonds. The first-order chi connectivity index (χ1) is 9.10. The third-order valence-corrected chi connectivity index (χ3v) is 3.22. The van der Waals surface area contributed by atoms with Crippen molar-refractivity contribution in [3.8, 4) is 0 Å². The van der Waals surface area contributed by atoms with Crippen molar-refractivity contribution in [2.24, 2.45) is 0 Å². The predicted octanol–water partition coefficient (Wildman–Crippen LogP) is 1.60. The van der Waals surface area contributed by atoms with E-state index in [2.05, 4.69) is 19.9 Å². The predicted molar refractivity (Wildman–Crippen MR) is 76.0 cm³/mol. The van der Waals surface area contributed by atoms with Crippen molar-refractivity contribution in [3.05, 3.63) is 5.28 Å². The first kappa shape index (κ1) is 14.3. The second kappa shape index (κ2) is 6.34. The van der Waals surface area contributed by atoms with Crippen LogP contribution in [-0.2, 0) is 4.74 Å². The molecule has 0 radical (unpaired) electrons. The normalized spacial score (nSPS) is 19.6. The van der Waals surface area contributed by atoms with E-state index >= 15 is 0 Å². The summed E-state index contributed by atoms with van der Waals surface area (Å²) >= 11 is 5.96. The Bertz CT molecular complexity index is 427. The minimum absolute atomic E-state index is 0.229. The molecule has 1 atom stereocenters. The summed E-state index contributed by atoms with van der Waals surface area (Å²) in [4.78, 5) is 16.7. The highest BCUT2D eigenvalue weighted by atomic mass is 35.5. The van der Waals surface area contributed by atoms with E-state index < -0.39 is 0 Å². The number of hydrogen-bond donors (Lipinski definition) is 0. The van der Waals surface area contributed by atoms with Gasteiger partial charge in [-0.3, -0.25) is 0 Å². The quantitative estimate of drug-likeness (QED) is 0.837. The standard InChI is InChI=1S/C12H20ClN5O/c1-4-19-9-6-5-7-18(8-9)12-15-10(13)14-11(16-12)17(2)3/h9H,4-8H2,1-3H3. The van der Waals surface area contributed by atoms with Gasteiger partial charge in [-0.05, 0) is 31.4 Å². The Balaban J connectivity index is 2.16. The van der Waals surface area contributed by atoms with Crippen LogP contribution in [0.4, 0.5) is 11.9 Å². The Morgan fingerprint density at radius 1 is 1.37 bits per heavy atom. The van der Waals surface area contributed by atoms with Crippen molar-refractivity contribution in [2.75, 3.05) is 43.6 Å². The number of aromatic nitrogens is 3. The van der Waals surface area contributed by atoms with Crippen molar-refractivity contribution in [2.45, 2.75) is 25.9 Å². The number of hydrogen-bond acceptors (Lipinski definition) is 6. The summed E-state index contributed by atoms with van der Waals surface area (Å²) in [6.07, 6.45) is 2.41. The molecule has 2 heterocycles. The number of anilines is 2. The topological polar surface area (TPSA) is 54.4 Å². The molecule has 1 aromatic heterocycles. The highest BCUT2D eigenvalue weighted by molar-refractivity contribution is 6.28. The zero-order valence-electron chi connectivity index (χ0n) is 11.6. The lowest BCUT2D eigenvalue weighted by atomic mass is 10.1. The Morgan fingerprint density at radius 2 is 2.16 bits per heavy atom. The highest BCUT2D eigenvalue weighted by Crippen LogP contribution is 2.20. The molecule has 0 saturated carbocycles. The van der Waals surface area contributed by atoms with Crippen molar-refractivity contribution in [1.29, 1.82) is 0 Å². The molecular weight excluding hydrogens is 266 g/mol. The first-order valence-corrected chi connectivity index (χ1v) is 6.93. The summed E-state index contributed by atoms with van der Waals surface area (Å²) in [5.41, 5.74) is 0. The van der Waals surface area contributed by atoms with Gasteiger partial charge in [0.25, 0.3) is 0 Å². The van der Waals surface area contributed by atoms with Gasteiger partial charge < -0.3 is 14.5 Å². The van der Waals surface area contributed by atoms with Crippen LogP contribution < -0.4 is 9.80 Å². The molecule has 0 spiro atoms. The molecule has 1 aliphatic rings. The Kier molecular flexibility index (Phi) is 4.76. The van der Waals surface area contributed by atoms with Gasteiger partial charge in [0.05, 0.1) is 6.10 Å². The van der Waals surface area contributed by atoms with E-state index in [1.54, 1.807) is 0 Å². The molecule has 0 aliphatic carbocycles. The molecule has 0 N–H and O–H groups in total. The maximum Gasteiger partial charge on any atom is 0.231 e. The molecule has 1 fully saturated rings. The van der Waals surface area contributed by atoms with Crippen LogP contribution in [0.15, 0.2) is 0 Å². The van der Waals surface area contributed by atoms with E-state index in [4.69, 9.17) is 16.3 Å². The van der Waals surface area contributed by atoms with E-state index in [0.29, 0.717) is 11.9 Å². The van der Waals surface area contributed by atoms with E-state index in [0.717, 1.165) is 32.5 Å². The number of rotatable bonds is 4. The summed E-state index contributed by atoms with van der Waals surface area (Å²) in [6, 6.07) is 0. The first-order valence-electron chi connectivity index (χ1n) is 6.55. The lowest BCUT2D eigenvalue weighted by molar-refractivity contribution is 0.0523. The fraction of sp³-hybridized carbons (Fsp3) is 0.750. The van der Waals surface area contributed by atoms with E-state index in [1.165, 1.54) is 0 Å². The van der Waals surface area contributed by atoms with Gasteiger partial charge in [-0.2, -0.15) is 15.0 Å². The van der Waals surface area contributed by atoms with Crippen LogP contribution in [0, 0.1) is 0 Å². The van der Waals surface area contributed by atoms with Gasteiger partial charge in [-0.25, -0.2) is 0 Å². The fourth-order valence-corrected chi connectivity index (χ4v) is 2.31. The van der Waals surface area contributed by atoms with Crippen molar-refractivity contribution in [3.63, 3.8) is 0 Å². The Morgan fingerprint density at radius 3 is 2.84 bits per heavy atom. The summed E-state index contributed by atoms with van der Waals surface area (Å²) in [5, 5.41) is 0.229. The molecule has 6 nitrogen and oxygen atoms in total. The molecular formula is C12H20ClN5O. The van der Waals surface area contributed by atoms with E-state index in [1.807, 2.05) is 25.9 Å². The summed E-state index contributed by atoms with van der Waals surface area (Å²) in [7, 11) is 3.77. The molecule has 106 valence electrons. The molecule has 1 aliphatic heterocycles. The monoisotopic (exact) mass is 285 g/mol. The second-order valence-electron chi connectivity index (χ2n) is 4.76. The second-order valence-corrected chi connectivity index (χ2v) is 5.10. The number of ether oxygens (including phenoxy) is 1. The van der Waals surface area contributed by atoms with E-state index in [-0.39, 0.29) is 11.4 Å². The minimum atomic E-state index is 0.229. The van der Waals surface area contributed by atoms with Gasteiger partial charge >= 0.3 is 0 Å². The van der Waals surface area contributed by atoms with Crippen LogP contribution in [-0.4, -0.2) is 54.8 Å². The number of piperidine rings is 1. The van der Waals surface area contributed by atoms with E-state index in [9.17, 15) is 0 Å². The van der Waals surface area contributed by atoms with Crippen LogP contribution in [0.1, 0.15) is 19.8 Å². The van der Waals surface area contributed by atoms with Crippen LogP contribution >= 0.6 is 11.6 Å². The largest absolute Gasteiger partial charge is 0.377 e. The Labute approximate surface area is 118 Å². The molecule has 1 saturated heterocycles. The van der Waals surface area contributed by atoms with Gasteiger partial charge in [0, 0.05) is 33.8 Å². The van der Waals surface area contributed by atoms with Crippen molar-refractivity contribution >= 4 is 23.5 Å². The smallest absolute Gasteiger partial charge is 0.231 e. The molecule has 0 bridgehead atoms. The van der Waals surface area contributed by atoms with Crippen LogP contribution in [0.3, 0.4) is 0 Å². The number of halogens is 1. The summed E-state index contributed by atoms with van der Waals surface area (Å²) in [6.45, 7) is 4.49. The maximum atomic E-state index is 5.96. The lowest BCUT2D eigenvalue weighted by Gasteiger charge is -2.32. The lowest BCUT2D eigenvalue weighted by Crippen LogP contribution is -2.40. The third-order valence-electron chi connectivity index (χ3n) is 3.05. The van der Waals surface area contributed by atoms with Gasteiger partial charge in [0.2, 0.25) is 17.2 Å². The van der Waals surface area contributed by atoms with Crippen molar-refractivity contribution in [1.82, 2.24) is 15.0 Å². The van der Waals surface area contributed by atoms with Crippen molar-refractivity contribution < 1.29 is 4.74 Å². The van der Waals surface area contributed by atoms with Gasteiger partial charge in [-0.15, -0.1) is 0 Å². The van der Waals surface area contributed by atoms with Crippen LogP contribution in [0.2, 0.25) is 5.28 Å². The van der Waals surface area contributed by atoms with Crippen LogP contribution in [0.25, 0.3) is 0 Å². The Hall–Kier alpha value is -1.14. The van der Waals surface area contributed by atoms with Crippen LogP contribution in [0.5, 0.6) is 0 Å². The fourth-order valence-electron chi connectivity index (χ4n) is 2.16. The van der Waals surface area contributed by atoms with Gasteiger partial charge in [-0.1, -0.05) is 0 Å². The summed E-state index contributed by atoms with van der Waals surface area (Å²) < 4.78 is 5.69. The molecule has 19 heavy (non-hydrogen) atoms. The minimum Gasteiger partial charge on any atom is -0.377 e. The third kappa shape index (κ3) is 3.67. The molecule has 7 heteroatoms. The zero-order chi connectivity index (χ0) is 13.8. The average Bonchev–Trinajstić information content (AvgIpc) is 2.38. The molecule has 0 aromatic carbocycles. The molecule has 2 rings (SSSR count). The molecule has 1 unspecified atom stereocenters. The summed E-state index contributed by atoms with van der Waals surface area (Å²) in [5.74, 6) is 1.21. The van der Waals surface area contributed by atoms with Gasteiger partial charge in [0.1, 0.15) is 0 Å². The zero-order valence-corrected chi connectivity index (χ0v) is 12.4. The maximum absolute atomic E-state index is 5.96. The molecule has 1 aromatic rings.